The molecule has 3 aromatic rings. The first-order chi connectivity index (χ1) is 13.1. The number of nitriles is 1. The molecule has 2 aromatic heterocycles. The Bertz CT molecular complexity index is 1110. The minimum atomic E-state index is -0.459. The summed E-state index contributed by atoms with van der Waals surface area (Å²) in [7, 11) is 0. The molecule has 2 N–H and O–H groups in total. The van der Waals surface area contributed by atoms with Crippen LogP contribution in [0.1, 0.15) is 42.0 Å². The van der Waals surface area contributed by atoms with Gasteiger partial charge in [-0.25, -0.2) is 4.98 Å². The van der Waals surface area contributed by atoms with Crippen molar-refractivity contribution in [3.8, 4) is 11.9 Å². The molecule has 1 unspecified atom stereocenters. The number of rotatable bonds is 3. The fourth-order valence-corrected chi connectivity index (χ4v) is 3.50. The van der Waals surface area contributed by atoms with E-state index in [0.29, 0.717) is 22.7 Å². The lowest BCUT2D eigenvalue weighted by atomic mass is 9.80. The van der Waals surface area contributed by atoms with Gasteiger partial charge in [0.15, 0.2) is 0 Å². The standard InChI is InChI=1S/C21H18N4O2/c1-12(2)27-21-19-16(8-10-24-21)25-15-7-9-23-20(26)18(15)17(19)14-6-4-3-5-13(14)11-22/h3-10,12,17,25H,1-2H3,(H,23,26). The van der Waals surface area contributed by atoms with Gasteiger partial charge in [0, 0.05) is 29.3 Å². The summed E-state index contributed by atoms with van der Waals surface area (Å²) in [5, 5.41) is 12.9. The van der Waals surface area contributed by atoms with Crippen LogP contribution in [0.2, 0.25) is 0 Å². The van der Waals surface area contributed by atoms with Crippen LogP contribution in [0.25, 0.3) is 0 Å². The van der Waals surface area contributed by atoms with Crippen LogP contribution in [0.4, 0.5) is 11.4 Å². The largest absolute Gasteiger partial charge is 0.475 e. The maximum absolute atomic E-state index is 12.8. The first-order valence-corrected chi connectivity index (χ1v) is 8.73. The first kappa shape index (κ1) is 16.9. The van der Waals surface area contributed by atoms with Crippen molar-refractivity contribution in [1.29, 1.82) is 5.26 Å². The molecule has 0 amide bonds. The molecule has 6 nitrogen and oxygen atoms in total. The number of anilines is 2. The van der Waals surface area contributed by atoms with Gasteiger partial charge in [-0.1, -0.05) is 18.2 Å². The van der Waals surface area contributed by atoms with Crippen LogP contribution in [-0.2, 0) is 0 Å². The van der Waals surface area contributed by atoms with Gasteiger partial charge in [-0.05, 0) is 37.6 Å². The lowest BCUT2D eigenvalue weighted by Gasteiger charge is -2.30. The van der Waals surface area contributed by atoms with Crippen LogP contribution in [0.5, 0.6) is 5.88 Å². The van der Waals surface area contributed by atoms with Crippen molar-refractivity contribution in [2.24, 2.45) is 0 Å². The van der Waals surface area contributed by atoms with E-state index in [1.54, 1.807) is 18.5 Å². The first-order valence-electron chi connectivity index (χ1n) is 8.73. The average molecular weight is 358 g/mol. The highest BCUT2D eigenvalue weighted by molar-refractivity contribution is 5.77. The van der Waals surface area contributed by atoms with Gasteiger partial charge in [0.25, 0.3) is 5.56 Å². The number of hydrogen-bond donors (Lipinski definition) is 2. The van der Waals surface area contributed by atoms with Gasteiger partial charge in [0.1, 0.15) is 0 Å². The topological polar surface area (TPSA) is 90.8 Å². The van der Waals surface area contributed by atoms with Gasteiger partial charge in [-0.3, -0.25) is 4.79 Å². The van der Waals surface area contributed by atoms with Crippen molar-refractivity contribution in [2.75, 3.05) is 5.32 Å². The molecule has 1 atom stereocenters. The highest BCUT2D eigenvalue weighted by Gasteiger charge is 2.34. The molecule has 0 saturated heterocycles. The van der Waals surface area contributed by atoms with Gasteiger partial charge >= 0.3 is 0 Å². The van der Waals surface area contributed by atoms with E-state index in [1.165, 1.54) is 0 Å². The molecule has 0 bridgehead atoms. The van der Waals surface area contributed by atoms with E-state index in [2.05, 4.69) is 21.4 Å². The molecule has 0 spiro atoms. The number of fused-ring (bicyclic) bond motifs is 2. The van der Waals surface area contributed by atoms with E-state index in [0.717, 1.165) is 16.8 Å². The lowest BCUT2D eigenvalue weighted by molar-refractivity contribution is 0.230. The lowest BCUT2D eigenvalue weighted by Crippen LogP contribution is -2.25. The van der Waals surface area contributed by atoms with E-state index in [4.69, 9.17) is 4.74 Å². The molecular weight excluding hydrogens is 340 g/mol. The SMILES string of the molecule is CC(C)Oc1nccc2c1C(c1ccccc1C#N)c1c(cc[nH]c1=O)N2. The summed E-state index contributed by atoms with van der Waals surface area (Å²) >= 11 is 0. The summed E-state index contributed by atoms with van der Waals surface area (Å²) in [6.07, 6.45) is 3.21. The predicted molar refractivity (Wildman–Crippen MR) is 102 cm³/mol. The van der Waals surface area contributed by atoms with Gasteiger partial charge < -0.3 is 15.0 Å². The van der Waals surface area contributed by atoms with Crippen molar-refractivity contribution in [1.82, 2.24) is 9.97 Å². The number of pyridine rings is 2. The van der Waals surface area contributed by atoms with E-state index >= 15 is 0 Å². The third kappa shape index (κ3) is 2.83. The molecule has 27 heavy (non-hydrogen) atoms. The highest BCUT2D eigenvalue weighted by atomic mass is 16.5. The van der Waals surface area contributed by atoms with Crippen LogP contribution in [0.15, 0.2) is 53.6 Å². The molecule has 4 rings (SSSR count). The molecular formula is C21H18N4O2. The van der Waals surface area contributed by atoms with E-state index in [9.17, 15) is 10.1 Å². The molecule has 1 aromatic carbocycles. The van der Waals surface area contributed by atoms with Crippen LogP contribution in [-0.4, -0.2) is 16.1 Å². The number of nitrogens with one attached hydrogen (secondary N) is 2. The summed E-state index contributed by atoms with van der Waals surface area (Å²) < 4.78 is 5.95. The zero-order valence-electron chi connectivity index (χ0n) is 15.0. The van der Waals surface area contributed by atoms with Crippen LogP contribution in [0, 0.1) is 11.3 Å². The Labute approximate surface area is 156 Å². The molecule has 134 valence electrons. The Hall–Kier alpha value is -3.59. The van der Waals surface area contributed by atoms with Crippen molar-refractivity contribution < 1.29 is 4.74 Å². The van der Waals surface area contributed by atoms with Gasteiger partial charge in [0.2, 0.25) is 5.88 Å². The number of H-pyrrole nitrogens is 1. The zero-order chi connectivity index (χ0) is 19.0. The molecule has 6 heteroatoms. The summed E-state index contributed by atoms with van der Waals surface area (Å²) in [5.74, 6) is 0.00106. The van der Waals surface area contributed by atoms with E-state index in [1.807, 2.05) is 44.2 Å². The second-order valence-electron chi connectivity index (χ2n) is 6.64. The second-order valence-corrected chi connectivity index (χ2v) is 6.64. The fourth-order valence-electron chi connectivity index (χ4n) is 3.50. The van der Waals surface area contributed by atoms with E-state index < -0.39 is 5.92 Å². The monoisotopic (exact) mass is 358 g/mol. The van der Waals surface area contributed by atoms with Crippen molar-refractivity contribution in [2.45, 2.75) is 25.9 Å². The third-order valence-electron chi connectivity index (χ3n) is 4.54. The van der Waals surface area contributed by atoms with Crippen molar-refractivity contribution in [3.05, 3.63) is 81.4 Å². The molecule has 0 saturated carbocycles. The maximum Gasteiger partial charge on any atom is 0.254 e. The Balaban J connectivity index is 2.06. The number of hydrogen-bond acceptors (Lipinski definition) is 5. The Kier molecular flexibility index (Phi) is 4.13. The summed E-state index contributed by atoms with van der Waals surface area (Å²) in [6, 6.07) is 13.2. The van der Waals surface area contributed by atoms with Crippen LogP contribution in [0.3, 0.4) is 0 Å². The Morgan fingerprint density at radius 2 is 1.93 bits per heavy atom. The average Bonchev–Trinajstić information content (AvgIpc) is 2.66. The minimum absolute atomic E-state index is 0.0775. The second kappa shape index (κ2) is 6.61. The number of aromatic nitrogens is 2. The van der Waals surface area contributed by atoms with Crippen molar-refractivity contribution >= 4 is 11.4 Å². The number of benzene rings is 1. The molecule has 0 radical (unpaired) electrons. The smallest absolute Gasteiger partial charge is 0.254 e. The fraction of sp³-hybridized carbons (Fsp3) is 0.190. The van der Waals surface area contributed by atoms with Gasteiger partial charge in [0.05, 0.1) is 29.2 Å². The third-order valence-corrected chi connectivity index (χ3v) is 4.54. The van der Waals surface area contributed by atoms with Crippen LogP contribution < -0.4 is 15.6 Å². The summed E-state index contributed by atoms with van der Waals surface area (Å²) in [6.45, 7) is 3.85. The van der Waals surface area contributed by atoms with Gasteiger partial charge in [-0.15, -0.1) is 0 Å². The molecule has 1 aliphatic rings. The highest BCUT2D eigenvalue weighted by Crippen LogP contribution is 2.47. The molecule has 0 fully saturated rings. The summed E-state index contributed by atoms with van der Waals surface area (Å²) in [5.41, 5.74) is 3.91. The molecule has 0 aliphatic carbocycles. The minimum Gasteiger partial charge on any atom is -0.475 e. The van der Waals surface area contributed by atoms with Crippen LogP contribution >= 0.6 is 0 Å². The number of aromatic amines is 1. The number of ether oxygens (including phenoxy) is 1. The Morgan fingerprint density at radius 1 is 1.15 bits per heavy atom. The Morgan fingerprint density at radius 3 is 2.70 bits per heavy atom. The van der Waals surface area contributed by atoms with Crippen molar-refractivity contribution in [3.63, 3.8) is 0 Å². The molecule has 3 heterocycles. The number of nitrogens with zero attached hydrogens (tertiary/aromatic N) is 2. The maximum atomic E-state index is 12.8. The van der Waals surface area contributed by atoms with E-state index in [-0.39, 0.29) is 11.7 Å². The zero-order valence-corrected chi connectivity index (χ0v) is 15.0. The molecule has 1 aliphatic heterocycles. The normalized spacial score (nSPS) is 14.7. The summed E-state index contributed by atoms with van der Waals surface area (Å²) in [4.78, 5) is 19.9. The van der Waals surface area contributed by atoms with Gasteiger partial charge in [-0.2, -0.15) is 5.26 Å². The predicted octanol–water partition coefficient (Wildman–Crippen LogP) is 3.67. The quantitative estimate of drug-likeness (QED) is 0.583.